The molecule has 4 heteroatoms. The number of aryl methyl sites for hydroxylation is 1. The maximum Gasteiger partial charge on any atom is 0.291 e. The first-order chi connectivity index (χ1) is 9.70. The molecule has 4 nitrogen and oxygen atoms in total. The highest BCUT2D eigenvalue weighted by Gasteiger charge is 2.12. The number of aliphatic hydroxyl groups is 1. The maximum absolute atomic E-state index is 11.9. The van der Waals surface area contributed by atoms with Crippen molar-refractivity contribution in [3.8, 4) is 11.8 Å². The second-order valence-corrected chi connectivity index (χ2v) is 4.24. The minimum Gasteiger partial charge on any atom is -0.459 e. The third kappa shape index (κ3) is 3.50. The Kier molecular flexibility index (Phi) is 4.59. The molecule has 0 bridgehead atoms. The van der Waals surface area contributed by atoms with E-state index in [2.05, 4.69) is 17.2 Å². The lowest BCUT2D eigenvalue weighted by Crippen LogP contribution is -2.11. The van der Waals surface area contributed by atoms with Crippen molar-refractivity contribution in [2.45, 2.75) is 13.3 Å². The Labute approximate surface area is 117 Å². The summed E-state index contributed by atoms with van der Waals surface area (Å²) in [6.45, 7) is 1.88. The van der Waals surface area contributed by atoms with Crippen molar-refractivity contribution < 1.29 is 14.3 Å². The van der Waals surface area contributed by atoms with E-state index in [-0.39, 0.29) is 12.5 Å². The van der Waals surface area contributed by atoms with Crippen molar-refractivity contribution in [2.24, 2.45) is 0 Å². The highest BCUT2D eigenvalue weighted by atomic mass is 16.3. The van der Waals surface area contributed by atoms with Crippen molar-refractivity contribution >= 4 is 11.6 Å². The molecule has 0 unspecified atom stereocenters. The van der Waals surface area contributed by atoms with E-state index >= 15 is 0 Å². The van der Waals surface area contributed by atoms with Gasteiger partial charge in [0, 0.05) is 23.2 Å². The Bertz CT molecular complexity index is 644. The fourth-order valence-electron chi connectivity index (χ4n) is 1.65. The van der Waals surface area contributed by atoms with E-state index in [1.54, 1.807) is 18.2 Å². The maximum atomic E-state index is 11.9. The van der Waals surface area contributed by atoms with Crippen LogP contribution in [0.5, 0.6) is 0 Å². The highest BCUT2D eigenvalue weighted by Crippen LogP contribution is 2.14. The van der Waals surface area contributed by atoms with Gasteiger partial charge in [-0.25, -0.2) is 0 Å². The number of furan rings is 1. The molecular formula is C16H15NO3. The van der Waals surface area contributed by atoms with Gasteiger partial charge in [-0.3, -0.25) is 4.79 Å². The summed E-state index contributed by atoms with van der Waals surface area (Å²) in [5.74, 6) is 5.81. The molecule has 0 atom stereocenters. The van der Waals surface area contributed by atoms with Crippen molar-refractivity contribution in [3.05, 3.63) is 53.5 Å². The molecule has 2 rings (SSSR count). The molecule has 0 aliphatic heterocycles. The predicted octanol–water partition coefficient (Wildman–Crippen LogP) is 2.57. The number of hydrogen-bond donors (Lipinski definition) is 2. The average Bonchev–Trinajstić information content (AvgIpc) is 2.87. The van der Waals surface area contributed by atoms with E-state index in [4.69, 9.17) is 9.52 Å². The number of rotatable bonds is 3. The van der Waals surface area contributed by atoms with E-state index in [1.807, 2.05) is 19.1 Å². The summed E-state index contributed by atoms with van der Waals surface area (Å²) in [5, 5.41) is 11.4. The van der Waals surface area contributed by atoms with Gasteiger partial charge >= 0.3 is 0 Å². The SMILES string of the molecule is Cc1ccoc1C(=O)Nc1ccc(C#CCCO)cc1. The van der Waals surface area contributed by atoms with Crippen LogP contribution in [-0.4, -0.2) is 17.6 Å². The van der Waals surface area contributed by atoms with Crippen LogP contribution in [0.4, 0.5) is 5.69 Å². The van der Waals surface area contributed by atoms with Crippen LogP contribution in [0.3, 0.4) is 0 Å². The molecule has 0 saturated carbocycles. The monoisotopic (exact) mass is 269 g/mol. The first-order valence-electron chi connectivity index (χ1n) is 6.26. The van der Waals surface area contributed by atoms with E-state index < -0.39 is 0 Å². The van der Waals surface area contributed by atoms with Crippen molar-refractivity contribution in [1.29, 1.82) is 0 Å². The van der Waals surface area contributed by atoms with Crippen LogP contribution in [0.1, 0.15) is 28.1 Å². The van der Waals surface area contributed by atoms with Crippen LogP contribution in [-0.2, 0) is 0 Å². The fraction of sp³-hybridized carbons (Fsp3) is 0.188. The average molecular weight is 269 g/mol. The van der Waals surface area contributed by atoms with Gasteiger partial charge in [0.2, 0.25) is 0 Å². The molecule has 102 valence electrons. The normalized spacial score (nSPS) is 9.70. The summed E-state index contributed by atoms with van der Waals surface area (Å²) >= 11 is 0. The van der Waals surface area contributed by atoms with E-state index in [1.165, 1.54) is 6.26 Å². The van der Waals surface area contributed by atoms with Gasteiger partial charge in [0.15, 0.2) is 5.76 Å². The molecule has 1 heterocycles. The van der Waals surface area contributed by atoms with Crippen molar-refractivity contribution in [1.82, 2.24) is 0 Å². The Morgan fingerprint density at radius 3 is 2.65 bits per heavy atom. The second-order valence-electron chi connectivity index (χ2n) is 4.24. The fourth-order valence-corrected chi connectivity index (χ4v) is 1.65. The Morgan fingerprint density at radius 2 is 2.05 bits per heavy atom. The molecule has 0 radical (unpaired) electrons. The zero-order chi connectivity index (χ0) is 14.4. The summed E-state index contributed by atoms with van der Waals surface area (Å²) in [4.78, 5) is 11.9. The van der Waals surface area contributed by atoms with Gasteiger partial charge in [0.05, 0.1) is 12.9 Å². The summed E-state index contributed by atoms with van der Waals surface area (Å²) in [6, 6.07) is 8.93. The first-order valence-corrected chi connectivity index (χ1v) is 6.26. The molecule has 0 spiro atoms. The van der Waals surface area contributed by atoms with E-state index in [9.17, 15) is 4.79 Å². The number of amides is 1. The van der Waals surface area contributed by atoms with Crippen LogP contribution in [0.2, 0.25) is 0 Å². The standard InChI is InChI=1S/C16H15NO3/c1-12-9-11-20-15(12)16(19)17-14-7-5-13(6-8-14)4-2-3-10-18/h5-9,11,18H,3,10H2,1H3,(H,17,19). The van der Waals surface area contributed by atoms with Gasteiger partial charge in [-0.15, -0.1) is 0 Å². The first kappa shape index (κ1) is 13.9. The van der Waals surface area contributed by atoms with Gasteiger partial charge in [0.1, 0.15) is 0 Å². The van der Waals surface area contributed by atoms with Crippen LogP contribution < -0.4 is 5.32 Å². The van der Waals surface area contributed by atoms with Gasteiger partial charge < -0.3 is 14.8 Å². The van der Waals surface area contributed by atoms with Crippen LogP contribution >= 0.6 is 0 Å². The zero-order valence-electron chi connectivity index (χ0n) is 11.1. The van der Waals surface area contributed by atoms with Gasteiger partial charge in [0.25, 0.3) is 5.91 Å². The molecule has 0 aliphatic rings. The van der Waals surface area contributed by atoms with Crippen molar-refractivity contribution in [2.75, 3.05) is 11.9 Å². The topological polar surface area (TPSA) is 62.5 Å². The molecule has 1 amide bonds. The summed E-state index contributed by atoms with van der Waals surface area (Å²) < 4.78 is 5.13. The molecule has 0 fully saturated rings. The second kappa shape index (κ2) is 6.60. The Balaban J connectivity index is 2.03. The molecular weight excluding hydrogens is 254 g/mol. The summed E-state index contributed by atoms with van der Waals surface area (Å²) in [7, 11) is 0. The van der Waals surface area contributed by atoms with Crippen molar-refractivity contribution in [3.63, 3.8) is 0 Å². The minimum absolute atomic E-state index is 0.0592. The van der Waals surface area contributed by atoms with Crippen LogP contribution in [0.15, 0.2) is 41.0 Å². The third-order valence-corrected chi connectivity index (χ3v) is 2.68. The number of nitrogens with one attached hydrogen (secondary N) is 1. The minimum atomic E-state index is -0.272. The molecule has 2 aromatic rings. The van der Waals surface area contributed by atoms with Gasteiger partial charge in [-0.2, -0.15) is 0 Å². The number of benzene rings is 1. The predicted molar refractivity (Wildman–Crippen MR) is 76.4 cm³/mol. The van der Waals surface area contributed by atoms with E-state index in [0.29, 0.717) is 17.9 Å². The van der Waals surface area contributed by atoms with E-state index in [0.717, 1.165) is 11.1 Å². The Hall–Kier alpha value is -2.51. The lowest BCUT2D eigenvalue weighted by atomic mass is 10.2. The number of carbonyl (C=O) groups is 1. The quantitative estimate of drug-likeness (QED) is 0.842. The molecule has 1 aromatic carbocycles. The molecule has 20 heavy (non-hydrogen) atoms. The number of hydrogen-bond acceptors (Lipinski definition) is 3. The summed E-state index contributed by atoms with van der Waals surface area (Å²) in [5.41, 5.74) is 2.32. The molecule has 1 aromatic heterocycles. The number of carbonyl (C=O) groups excluding carboxylic acids is 1. The number of anilines is 1. The highest BCUT2D eigenvalue weighted by molar-refractivity contribution is 6.03. The lowest BCUT2D eigenvalue weighted by Gasteiger charge is -2.03. The van der Waals surface area contributed by atoms with Crippen LogP contribution in [0, 0.1) is 18.8 Å². The van der Waals surface area contributed by atoms with Gasteiger partial charge in [-0.1, -0.05) is 11.8 Å². The largest absolute Gasteiger partial charge is 0.459 e. The third-order valence-electron chi connectivity index (χ3n) is 2.68. The molecule has 2 N–H and O–H groups in total. The van der Waals surface area contributed by atoms with Gasteiger partial charge in [-0.05, 0) is 37.3 Å². The smallest absolute Gasteiger partial charge is 0.291 e. The number of aliphatic hydroxyl groups excluding tert-OH is 1. The zero-order valence-corrected chi connectivity index (χ0v) is 11.1. The van der Waals surface area contributed by atoms with Crippen LogP contribution in [0.25, 0.3) is 0 Å². The lowest BCUT2D eigenvalue weighted by molar-refractivity contribution is 0.0996. The molecule has 0 saturated heterocycles. The molecule has 0 aliphatic carbocycles. The summed E-state index contributed by atoms with van der Waals surface area (Å²) in [6.07, 6.45) is 1.94. The Morgan fingerprint density at radius 1 is 1.30 bits per heavy atom.